The van der Waals surface area contributed by atoms with E-state index in [2.05, 4.69) is 10.2 Å². The molecule has 0 radical (unpaired) electrons. The molecule has 3 aromatic rings. The van der Waals surface area contributed by atoms with Crippen molar-refractivity contribution in [1.82, 2.24) is 15.1 Å². The van der Waals surface area contributed by atoms with Crippen LogP contribution in [0.3, 0.4) is 0 Å². The Morgan fingerprint density at radius 2 is 1.97 bits per heavy atom. The standard InChI is InChI=1S/C24H25ClFN5O4S/c1-30-10-2-9-24(26,14-30)23-29-28-21(35-23)16-5-8-20-19(11-16)31(12-15-3-6-17(25)7-4-15)22(32)18(27)13-36(20,33)34/h3-8,11,18H,2,9-10,12-14,27H2,1H3/t18-,24?/m0/s1. The number of hydrogen-bond acceptors (Lipinski definition) is 8. The number of nitrogens with zero attached hydrogens (tertiary/aromatic N) is 4. The number of anilines is 1. The smallest absolute Gasteiger partial charge is 0.255 e. The van der Waals surface area contributed by atoms with Crippen LogP contribution >= 0.6 is 11.6 Å². The second kappa shape index (κ2) is 9.22. The van der Waals surface area contributed by atoms with Crippen molar-refractivity contribution < 1.29 is 22.0 Å². The Balaban J connectivity index is 1.56. The molecule has 1 saturated heterocycles. The zero-order chi connectivity index (χ0) is 25.7. The normalized spacial score (nSPS) is 24.4. The summed E-state index contributed by atoms with van der Waals surface area (Å²) in [5.74, 6) is -1.15. The molecule has 3 heterocycles. The zero-order valence-electron chi connectivity index (χ0n) is 19.5. The molecule has 1 unspecified atom stereocenters. The number of aromatic nitrogens is 2. The van der Waals surface area contributed by atoms with Gasteiger partial charge < -0.3 is 20.0 Å². The Morgan fingerprint density at radius 3 is 2.69 bits per heavy atom. The molecule has 1 aromatic heterocycles. The number of halogens is 2. The highest BCUT2D eigenvalue weighted by atomic mass is 35.5. The van der Waals surface area contributed by atoms with E-state index in [4.69, 9.17) is 21.8 Å². The second-order valence-electron chi connectivity index (χ2n) is 9.34. The Kier molecular flexibility index (Phi) is 6.36. The van der Waals surface area contributed by atoms with Crippen LogP contribution in [-0.2, 0) is 26.8 Å². The van der Waals surface area contributed by atoms with E-state index in [1.54, 1.807) is 24.3 Å². The number of likely N-dealkylation sites (N-methyl/N-ethyl adjacent to an activating group) is 1. The molecule has 2 N–H and O–H groups in total. The Hall–Kier alpha value is -2.86. The summed E-state index contributed by atoms with van der Waals surface area (Å²) in [5, 5.41) is 8.51. The third-order valence-corrected chi connectivity index (χ3v) is 8.57. The number of benzene rings is 2. The third-order valence-electron chi connectivity index (χ3n) is 6.51. The van der Waals surface area contributed by atoms with E-state index in [1.165, 1.54) is 23.1 Å². The molecule has 9 nitrogen and oxygen atoms in total. The van der Waals surface area contributed by atoms with Gasteiger partial charge in [-0.05, 0) is 62.3 Å². The molecular formula is C24H25ClFN5O4S. The quantitative estimate of drug-likeness (QED) is 0.543. The lowest BCUT2D eigenvalue weighted by atomic mass is 9.95. The van der Waals surface area contributed by atoms with Crippen molar-refractivity contribution in [3.05, 3.63) is 58.9 Å². The first-order valence-corrected chi connectivity index (χ1v) is 13.5. The van der Waals surface area contributed by atoms with Crippen LogP contribution in [0.2, 0.25) is 5.02 Å². The van der Waals surface area contributed by atoms with Crippen molar-refractivity contribution in [2.24, 2.45) is 5.73 Å². The van der Waals surface area contributed by atoms with Crippen molar-refractivity contribution >= 4 is 33.0 Å². The van der Waals surface area contributed by atoms with E-state index in [1.807, 2.05) is 11.9 Å². The molecule has 0 saturated carbocycles. The molecule has 2 aliphatic rings. The number of fused-ring (bicyclic) bond motifs is 1. The molecule has 0 aliphatic carbocycles. The highest BCUT2D eigenvalue weighted by Crippen LogP contribution is 2.38. The van der Waals surface area contributed by atoms with Crippen LogP contribution in [0.25, 0.3) is 11.5 Å². The van der Waals surface area contributed by atoms with E-state index in [9.17, 15) is 13.2 Å². The molecule has 1 fully saturated rings. The minimum atomic E-state index is -3.86. The first kappa shape index (κ1) is 24.8. The molecule has 0 bridgehead atoms. The number of nitrogens with two attached hydrogens (primary N) is 1. The van der Waals surface area contributed by atoms with Gasteiger partial charge in [-0.2, -0.15) is 0 Å². The van der Waals surface area contributed by atoms with E-state index < -0.39 is 33.2 Å². The van der Waals surface area contributed by atoms with Gasteiger partial charge in [-0.3, -0.25) is 4.79 Å². The average molecular weight is 534 g/mol. The number of likely N-dealkylation sites (tertiary alicyclic amines) is 1. The number of amides is 1. The maximum absolute atomic E-state index is 15.5. The summed E-state index contributed by atoms with van der Waals surface area (Å²) in [6.45, 7) is 0.995. The number of piperidine rings is 1. The van der Waals surface area contributed by atoms with Crippen LogP contribution in [0.4, 0.5) is 10.1 Å². The predicted octanol–water partition coefficient (Wildman–Crippen LogP) is 2.93. The highest BCUT2D eigenvalue weighted by Gasteiger charge is 2.42. The van der Waals surface area contributed by atoms with Crippen molar-refractivity contribution in [1.29, 1.82) is 0 Å². The largest absolute Gasteiger partial charge is 0.417 e. The van der Waals surface area contributed by atoms with Gasteiger partial charge in [0.15, 0.2) is 9.84 Å². The van der Waals surface area contributed by atoms with E-state index in [0.29, 0.717) is 17.0 Å². The molecule has 2 aliphatic heterocycles. The summed E-state index contributed by atoms with van der Waals surface area (Å²) in [6.07, 6.45) is 0.923. The highest BCUT2D eigenvalue weighted by molar-refractivity contribution is 7.91. The summed E-state index contributed by atoms with van der Waals surface area (Å²) < 4.78 is 47.4. The van der Waals surface area contributed by atoms with Crippen LogP contribution < -0.4 is 10.6 Å². The van der Waals surface area contributed by atoms with E-state index in [0.717, 1.165) is 12.1 Å². The summed E-state index contributed by atoms with van der Waals surface area (Å²) in [6, 6.07) is 10.0. The number of hydrogen-bond donors (Lipinski definition) is 1. The van der Waals surface area contributed by atoms with Crippen molar-refractivity contribution in [3.63, 3.8) is 0 Å². The molecule has 0 spiro atoms. The molecule has 36 heavy (non-hydrogen) atoms. The monoisotopic (exact) mass is 533 g/mol. The summed E-state index contributed by atoms with van der Waals surface area (Å²) in [5.41, 5.74) is 5.46. The Bertz CT molecular complexity index is 1410. The SMILES string of the molecule is CN1CCCC(F)(c2nnc(-c3ccc4c(c3)N(Cc3ccc(Cl)cc3)C(=O)[C@@H](N)CS4(=O)=O)o2)C1. The first-order chi connectivity index (χ1) is 17.1. The van der Waals surface area contributed by atoms with Crippen molar-refractivity contribution in [3.8, 4) is 11.5 Å². The summed E-state index contributed by atoms with van der Waals surface area (Å²) in [4.78, 5) is 16.4. The molecule has 190 valence electrons. The maximum atomic E-state index is 15.5. The van der Waals surface area contributed by atoms with E-state index >= 15 is 4.39 Å². The van der Waals surface area contributed by atoms with Crippen LogP contribution in [0.5, 0.6) is 0 Å². The number of carbonyl (C=O) groups excluding carboxylic acids is 1. The maximum Gasteiger partial charge on any atom is 0.255 e. The van der Waals surface area contributed by atoms with Crippen molar-refractivity contribution in [2.75, 3.05) is 30.8 Å². The number of sulfone groups is 1. The van der Waals surface area contributed by atoms with E-state index in [-0.39, 0.29) is 41.9 Å². The van der Waals surface area contributed by atoms with Gasteiger partial charge in [-0.15, -0.1) is 10.2 Å². The molecule has 5 rings (SSSR count). The molecule has 2 atom stereocenters. The summed E-state index contributed by atoms with van der Waals surface area (Å²) >= 11 is 5.98. The lowest BCUT2D eigenvalue weighted by molar-refractivity contribution is -0.119. The van der Waals surface area contributed by atoms with Gasteiger partial charge in [0.25, 0.3) is 5.89 Å². The fourth-order valence-electron chi connectivity index (χ4n) is 4.69. The van der Waals surface area contributed by atoms with Crippen LogP contribution in [0.1, 0.15) is 24.3 Å². The van der Waals surface area contributed by atoms with Crippen molar-refractivity contribution in [2.45, 2.75) is 36.0 Å². The summed E-state index contributed by atoms with van der Waals surface area (Å²) in [7, 11) is -2.03. The van der Waals surface area contributed by atoms with Crippen LogP contribution in [-0.4, -0.2) is 61.4 Å². The van der Waals surface area contributed by atoms with Gasteiger partial charge in [0.2, 0.25) is 17.5 Å². The Labute approximate surface area is 213 Å². The third kappa shape index (κ3) is 4.63. The molecular weight excluding hydrogens is 509 g/mol. The van der Waals surface area contributed by atoms with Gasteiger partial charge >= 0.3 is 0 Å². The molecule has 12 heteroatoms. The topological polar surface area (TPSA) is 123 Å². The van der Waals surface area contributed by atoms with Gasteiger partial charge in [-0.25, -0.2) is 12.8 Å². The fourth-order valence-corrected chi connectivity index (χ4v) is 6.37. The van der Waals surface area contributed by atoms with Crippen LogP contribution in [0.15, 0.2) is 51.8 Å². The second-order valence-corrected chi connectivity index (χ2v) is 11.8. The predicted molar refractivity (Wildman–Crippen MR) is 132 cm³/mol. The number of rotatable bonds is 4. The Morgan fingerprint density at radius 1 is 1.22 bits per heavy atom. The van der Waals surface area contributed by atoms with Gasteiger partial charge in [-0.1, -0.05) is 23.7 Å². The van der Waals surface area contributed by atoms with Gasteiger partial charge in [0.05, 0.1) is 28.9 Å². The minimum absolute atomic E-state index is 0.0304. The zero-order valence-corrected chi connectivity index (χ0v) is 21.1. The minimum Gasteiger partial charge on any atom is -0.417 e. The molecule has 1 amide bonds. The van der Waals surface area contributed by atoms with Crippen LogP contribution in [0, 0.1) is 0 Å². The molecule has 2 aromatic carbocycles. The number of carbonyl (C=O) groups is 1. The lowest BCUT2D eigenvalue weighted by Gasteiger charge is -2.32. The first-order valence-electron chi connectivity index (χ1n) is 11.5. The lowest BCUT2D eigenvalue weighted by Crippen LogP contribution is -2.45. The number of alkyl halides is 1. The van der Waals surface area contributed by atoms with Gasteiger partial charge in [0.1, 0.15) is 0 Å². The van der Waals surface area contributed by atoms with Gasteiger partial charge in [0, 0.05) is 17.1 Å². The average Bonchev–Trinajstić information content (AvgIpc) is 3.32. The fraction of sp³-hybridized carbons (Fsp3) is 0.375.